The standard InChI is InChI=1S/C17H10FN5.C2H6/c1-23-10-15(13-6-7-21-16(9-20)14(13)8-19)17(22-23)11-2-4-12(18)5-3-11;1-2/h2-7,10H,1H3;1-2H3. The molecular weight excluding hydrogens is 317 g/mol. The minimum absolute atomic E-state index is 0.0684. The van der Waals surface area contributed by atoms with Crippen LogP contribution in [0.5, 0.6) is 0 Å². The molecule has 5 nitrogen and oxygen atoms in total. The molecule has 2 aromatic heterocycles. The first-order valence-electron chi connectivity index (χ1n) is 7.73. The van der Waals surface area contributed by atoms with Crippen LogP contribution in [0.1, 0.15) is 25.1 Å². The highest BCUT2D eigenvalue weighted by atomic mass is 19.1. The van der Waals surface area contributed by atoms with Crippen molar-refractivity contribution in [2.75, 3.05) is 0 Å². The molecule has 0 fully saturated rings. The lowest BCUT2D eigenvalue weighted by molar-refractivity contribution is 0.628. The SMILES string of the molecule is CC.Cn1cc(-c2ccnc(C#N)c2C#N)c(-c2ccc(F)cc2)n1. The van der Waals surface area contributed by atoms with Crippen molar-refractivity contribution in [3.05, 3.63) is 59.8 Å². The van der Waals surface area contributed by atoms with E-state index in [2.05, 4.69) is 10.1 Å². The molecule has 3 aromatic rings. The number of halogens is 1. The van der Waals surface area contributed by atoms with Crippen LogP contribution < -0.4 is 0 Å². The molecule has 6 heteroatoms. The number of nitrogens with zero attached hydrogens (tertiary/aromatic N) is 5. The molecule has 0 unspecified atom stereocenters. The maximum Gasteiger partial charge on any atom is 0.158 e. The third-order valence-electron chi connectivity index (χ3n) is 3.41. The number of hydrogen-bond donors (Lipinski definition) is 0. The number of rotatable bonds is 2. The van der Waals surface area contributed by atoms with Crippen LogP contribution in [0.2, 0.25) is 0 Å². The van der Waals surface area contributed by atoms with Crippen molar-refractivity contribution >= 4 is 0 Å². The number of benzene rings is 1. The quantitative estimate of drug-likeness (QED) is 0.708. The molecule has 0 radical (unpaired) electrons. The molecule has 0 aliphatic heterocycles. The van der Waals surface area contributed by atoms with Gasteiger partial charge in [0.05, 0.1) is 5.56 Å². The van der Waals surface area contributed by atoms with Gasteiger partial charge in [0.15, 0.2) is 5.69 Å². The Hall–Kier alpha value is -3.51. The fourth-order valence-corrected chi connectivity index (χ4v) is 2.39. The zero-order chi connectivity index (χ0) is 18.4. The van der Waals surface area contributed by atoms with Gasteiger partial charge in [-0.15, -0.1) is 0 Å². The van der Waals surface area contributed by atoms with Gasteiger partial charge < -0.3 is 0 Å². The van der Waals surface area contributed by atoms with Gasteiger partial charge in [0.25, 0.3) is 0 Å². The molecule has 0 saturated carbocycles. The van der Waals surface area contributed by atoms with E-state index in [1.807, 2.05) is 26.0 Å². The third kappa shape index (κ3) is 3.54. The molecule has 0 saturated heterocycles. The summed E-state index contributed by atoms with van der Waals surface area (Å²) in [6.45, 7) is 4.00. The second-order valence-electron chi connectivity index (χ2n) is 4.88. The second-order valence-corrected chi connectivity index (χ2v) is 4.88. The average Bonchev–Trinajstić information content (AvgIpc) is 3.04. The van der Waals surface area contributed by atoms with Gasteiger partial charge in [-0.3, -0.25) is 4.68 Å². The van der Waals surface area contributed by atoms with Crippen molar-refractivity contribution < 1.29 is 4.39 Å². The van der Waals surface area contributed by atoms with Gasteiger partial charge in [-0.2, -0.15) is 15.6 Å². The van der Waals surface area contributed by atoms with Gasteiger partial charge in [0.1, 0.15) is 23.6 Å². The number of aryl methyl sites for hydroxylation is 1. The molecule has 0 aliphatic carbocycles. The van der Waals surface area contributed by atoms with E-state index in [1.165, 1.54) is 18.3 Å². The van der Waals surface area contributed by atoms with Crippen molar-refractivity contribution in [3.8, 4) is 34.5 Å². The minimum atomic E-state index is -0.334. The Kier molecular flexibility index (Phi) is 5.60. The molecule has 0 spiro atoms. The van der Waals surface area contributed by atoms with Gasteiger partial charge >= 0.3 is 0 Å². The summed E-state index contributed by atoms with van der Waals surface area (Å²) in [5, 5.41) is 22.9. The summed E-state index contributed by atoms with van der Waals surface area (Å²) in [4.78, 5) is 3.91. The van der Waals surface area contributed by atoms with Crippen molar-refractivity contribution in [3.63, 3.8) is 0 Å². The fourth-order valence-electron chi connectivity index (χ4n) is 2.39. The van der Waals surface area contributed by atoms with Gasteiger partial charge in [0.2, 0.25) is 0 Å². The number of pyridine rings is 1. The average molecular weight is 333 g/mol. The van der Waals surface area contributed by atoms with Crippen LogP contribution in [0.3, 0.4) is 0 Å². The smallest absolute Gasteiger partial charge is 0.158 e. The maximum absolute atomic E-state index is 13.1. The molecule has 1 aromatic carbocycles. The molecule has 0 bridgehead atoms. The highest BCUT2D eigenvalue weighted by Crippen LogP contribution is 2.33. The van der Waals surface area contributed by atoms with E-state index < -0.39 is 0 Å². The molecule has 0 N–H and O–H groups in total. The first kappa shape index (κ1) is 17.8. The summed E-state index contributed by atoms with van der Waals surface area (Å²) in [5.74, 6) is -0.334. The summed E-state index contributed by atoms with van der Waals surface area (Å²) < 4.78 is 14.7. The van der Waals surface area contributed by atoms with Crippen molar-refractivity contribution in [1.82, 2.24) is 14.8 Å². The number of nitriles is 2. The second kappa shape index (κ2) is 7.85. The van der Waals surface area contributed by atoms with E-state index in [1.54, 1.807) is 36.1 Å². The van der Waals surface area contributed by atoms with Crippen LogP contribution in [-0.4, -0.2) is 14.8 Å². The summed E-state index contributed by atoms with van der Waals surface area (Å²) in [7, 11) is 1.76. The maximum atomic E-state index is 13.1. The monoisotopic (exact) mass is 333 g/mol. The van der Waals surface area contributed by atoms with Gasteiger partial charge in [0, 0.05) is 36.1 Å². The van der Waals surface area contributed by atoms with Crippen LogP contribution in [0.4, 0.5) is 4.39 Å². The van der Waals surface area contributed by atoms with E-state index in [0.717, 1.165) is 5.56 Å². The minimum Gasteiger partial charge on any atom is -0.275 e. The van der Waals surface area contributed by atoms with Crippen molar-refractivity contribution in [2.45, 2.75) is 13.8 Å². The van der Waals surface area contributed by atoms with Crippen LogP contribution in [0.15, 0.2) is 42.7 Å². The Morgan fingerprint density at radius 1 is 1.00 bits per heavy atom. The van der Waals surface area contributed by atoms with Gasteiger partial charge in [-0.05, 0) is 30.3 Å². The number of hydrogen-bond acceptors (Lipinski definition) is 4. The molecule has 124 valence electrons. The lowest BCUT2D eigenvalue weighted by Gasteiger charge is -2.05. The first-order chi connectivity index (χ1) is 12.1. The van der Waals surface area contributed by atoms with Crippen LogP contribution in [0, 0.1) is 28.5 Å². The Balaban J connectivity index is 0.00000109. The predicted octanol–water partition coefficient (Wildman–Crippen LogP) is 4.06. The van der Waals surface area contributed by atoms with Gasteiger partial charge in [-0.1, -0.05) is 13.8 Å². The lowest BCUT2D eigenvalue weighted by Crippen LogP contribution is -1.93. The van der Waals surface area contributed by atoms with Crippen molar-refractivity contribution in [2.24, 2.45) is 7.05 Å². The number of aromatic nitrogens is 3. The largest absolute Gasteiger partial charge is 0.275 e. The Labute approximate surface area is 145 Å². The fraction of sp³-hybridized carbons (Fsp3) is 0.158. The molecule has 25 heavy (non-hydrogen) atoms. The Bertz CT molecular complexity index is 959. The summed E-state index contributed by atoms with van der Waals surface area (Å²) >= 11 is 0. The Morgan fingerprint density at radius 2 is 1.68 bits per heavy atom. The highest BCUT2D eigenvalue weighted by Gasteiger charge is 2.18. The molecule has 0 atom stereocenters. The molecule has 2 heterocycles. The molecule has 3 rings (SSSR count). The highest BCUT2D eigenvalue weighted by molar-refractivity contribution is 5.84. The lowest BCUT2D eigenvalue weighted by atomic mass is 9.97. The van der Waals surface area contributed by atoms with E-state index in [4.69, 9.17) is 5.26 Å². The van der Waals surface area contributed by atoms with Crippen LogP contribution >= 0.6 is 0 Å². The first-order valence-corrected chi connectivity index (χ1v) is 7.73. The predicted molar refractivity (Wildman–Crippen MR) is 92.6 cm³/mol. The topological polar surface area (TPSA) is 78.3 Å². The van der Waals surface area contributed by atoms with Crippen molar-refractivity contribution in [1.29, 1.82) is 10.5 Å². The summed E-state index contributed by atoms with van der Waals surface area (Å²) in [6, 6.07) is 11.6. The van der Waals surface area contributed by atoms with Gasteiger partial charge in [-0.25, -0.2) is 9.37 Å². The van der Waals surface area contributed by atoms with E-state index in [-0.39, 0.29) is 17.1 Å². The van der Waals surface area contributed by atoms with Crippen LogP contribution in [0.25, 0.3) is 22.4 Å². The molecule has 0 amide bonds. The van der Waals surface area contributed by atoms with Crippen LogP contribution in [-0.2, 0) is 7.05 Å². The zero-order valence-corrected chi connectivity index (χ0v) is 14.2. The van der Waals surface area contributed by atoms with E-state index >= 15 is 0 Å². The zero-order valence-electron chi connectivity index (χ0n) is 14.2. The molecule has 0 aliphatic rings. The third-order valence-corrected chi connectivity index (χ3v) is 3.41. The van der Waals surface area contributed by atoms with E-state index in [9.17, 15) is 9.65 Å². The summed E-state index contributed by atoms with van der Waals surface area (Å²) in [5.41, 5.74) is 2.87. The summed E-state index contributed by atoms with van der Waals surface area (Å²) in [6.07, 6.45) is 3.24. The normalized spacial score (nSPS) is 9.52. The molecular formula is C19H16FN5. The Morgan fingerprint density at radius 3 is 2.28 bits per heavy atom. The van der Waals surface area contributed by atoms with E-state index in [0.29, 0.717) is 16.8 Å².